The second-order valence-corrected chi connectivity index (χ2v) is 7.39. The molecule has 3 amide bonds. The fraction of sp³-hybridized carbons (Fsp3) is 0.227. The van der Waals surface area contributed by atoms with Gasteiger partial charge in [0.05, 0.1) is 6.61 Å². The molecule has 11 heteroatoms. The van der Waals surface area contributed by atoms with E-state index in [4.69, 9.17) is 5.11 Å². The van der Waals surface area contributed by atoms with Crippen LogP contribution in [0.3, 0.4) is 0 Å². The van der Waals surface area contributed by atoms with Crippen molar-refractivity contribution in [1.29, 1.82) is 0 Å². The highest BCUT2D eigenvalue weighted by Crippen LogP contribution is 2.29. The Morgan fingerprint density at radius 3 is 2.39 bits per heavy atom. The smallest absolute Gasteiger partial charge is 0.289 e. The number of hydrogen-bond donors (Lipinski definition) is 5. The average molecular weight is 455 g/mol. The average Bonchev–Trinajstić information content (AvgIpc) is 2.79. The third kappa shape index (κ3) is 5.57. The predicted octanol–water partition coefficient (Wildman–Crippen LogP) is 0.957. The summed E-state index contributed by atoms with van der Waals surface area (Å²) in [7, 11) is 0. The molecule has 1 unspecified atom stereocenters. The zero-order valence-electron chi connectivity index (χ0n) is 17.8. The number of pyridine rings is 2. The molecule has 10 nitrogen and oxygen atoms in total. The van der Waals surface area contributed by atoms with Crippen LogP contribution in [0.2, 0.25) is 0 Å². The second kappa shape index (κ2) is 10.0. The number of aliphatic hydroxyl groups excluding tert-OH is 1. The van der Waals surface area contributed by atoms with Crippen LogP contribution in [-0.4, -0.2) is 50.6 Å². The van der Waals surface area contributed by atoms with E-state index < -0.39 is 35.2 Å². The lowest BCUT2D eigenvalue weighted by Gasteiger charge is -2.15. The molecule has 172 valence electrons. The number of hydrogen-bond acceptors (Lipinski definition) is 7. The molecule has 1 aromatic carbocycles. The number of carbonyl (C=O) groups excluding carboxylic acids is 3. The second-order valence-electron chi connectivity index (χ2n) is 7.39. The van der Waals surface area contributed by atoms with Crippen molar-refractivity contribution in [3.63, 3.8) is 0 Å². The summed E-state index contributed by atoms with van der Waals surface area (Å²) in [4.78, 5) is 44.7. The maximum absolute atomic E-state index is 13.2. The van der Waals surface area contributed by atoms with E-state index >= 15 is 0 Å². The van der Waals surface area contributed by atoms with Gasteiger partial charge in [-0.25, -0.2) is 9.37 Å². The van der Waals surface area contributed by atoms with Crippen LogP contribution in [0.25, 0.3) is 10.9 Å². The highest BCUT2D eigenvalue weighted by Gasteiger charge is 2.24. The zero-order chi connectivity index (χ0) is 24.1. The molecule has 3 aromatic rings. The fourth-order valence-electron chi connectivity index (χ4n) is 3.02. The summed E-state index contributed by atoms with van der Waals surface area (Å²) in [6.07, 6.45) is 1.81. The lowest BCUT2D eigenvalue weighted by molar-refractivity contribution is -0.119. The van der Waals surface area contributed by atoms with Crippen LogP contribution in [0.1, 0.15) is 46.0 Å². The number of aliphatic hydroxyl groups is 1. The van der Waals surface area contributed by atoms with E-state index in [9.17, 15) is 23.9 Å². The van der Waals surface area contributed by atoms with E-state index in [2.05, 4.69) is 26.1 Å². The van der Waals surface area contributed by atoms with Crippen LogP contribution in [-0.2, 0) is 11.2 Å². The quantitative estimate of drug-likeness (QED) is 0.347. The maximum Gasteiger partial charge on any atom is 0.289 e. The molecule has 0 saturated heterocycles. The molecule has 2 aromatic heterocycles. The lowest BCUT2D eigenvalue weighted by atomic mass is 10.0. The monoisotopic (exact) mass is 455 g/mol. The molecular weight excluding hydrogens is 433 g/mol. The first kappa shape index (κ1) is 23.5. The standard InChI is InChI=1S/C22H22FN5O5/c1-11(10-29)25-21(32)19-20(31)17-16(18(26-19)22(33)28-27-12(2)30)8-14(9-24-17)7-13-3-5-15(23)6-4-13/h3-6,8-9,11,29,31H,7,10H2,1-2H3,(H,25,32)(H,27,30)(H,28,33). The Morgan fingerprint density at radius 2 is 1.76 bits per heavy atom. The van der Waals surface area contributed by atoms with Gasteiger partial charge in [-0.15, -0.1) is 0 Å². The van der Waals surface area contributed by atoms with Gasteiger partial charge >= 0.3 is 0 Å². The maximum atomic E-state index is 13.2. The molecule has 2 heterocycles. The Hall–Kier alpha value is -4.12. The highest BCUT2D eigenvalue weighted by atomic mass is 19.1. The van der Waals surface area contributed by atoms with E-state index in [1.54, 1.807) is 25.1 Å². The molecule has 3 rings (SSSR count). The number of benzene rings is 1. The van der Waals surface area contributed by atoms with E-state index in [1.807, 2.05) is 0 Å². The number of nitrogens with zero attached hydrogens (tertiary/aromatic N) is 2. The van der Waals surface area contributed by atoms with Gasteiger partial charge in [0.15, 0.2) is 11.4 Å². The van der Waals surface area contributed by atoms with Crippen LogP contribution < -0.4 is 16.2 Å². The topological polar surface area (TPSA) is 154 Å². The molecule has 0 fully saturated rings. The first-order valence-electron chi connectivity index (χ1n) is 9.94. The lowest BCUT2D eigenvalue weighted by Crippen LogP contribution is -2.41. The Morgan fingerprint density at radius 1 is 1.06 bits per heavy atom. The fourth-order valence-corrected chi connectivity index (χ4v) is 3.02. The van der Waals surface area contributed by atoms with E-state index in [-0.39, 0.29) is 29.0 Å². The molecule has 5 N–H and O–H groups in total. The molecule has 0 aliphatic carbocycles. The predicted molar refractivity (Wildman–Crippen MR) is 116 cm³/mol. The summed E-state index contributed by atoms with van der Waals surface area (Å²) in [5.41, 5.74) is 4.97. The van der Waals surface area contributed by atoms with Gasteiger partial charge in [-0.3, -0.25) is 30.2 Å². The normalized spacial score (nSPS) is 11.6. The van der Waals surface area contributed by atoms with Crippen molar-refractivity contribution >= 4 is 28.6 Å². The molecular formula is C22H22FN5O5. The minimum atomic E-state index is -0.833. The summed E-state index contributed by atoms with van der Waals surface area (Å²) in [6, 6.07) is 6.80. The first-order valence-corrected chi connectivity index (χ1v) is 9.94. The number of carbonyl (C=O) groups is 3. The molecule has 0 bridgehead atoms. The summed E-state index contributed by atoms with van der Waals surface area (Å²) < 4.78 is 13.2. The molecule has 0 spiro atoms. The van der Waals surface area contributed by atoms with Gasteiger partial charge in [-0.05, 0) is 42.7 Å². The van der Waals surface area contributed by atoms with E-state index in [0.717, 1.165) is 5.56 Å². The number of aromatic nitrogens is 2. The summed E-state index contributed by atoms with van der Waals surface area (Å²) >= 11 is 0. The van der Waals surface area contributed by atoms with Crippen molar-refractivity contribution in [1.82, 2.24) is 26.1 Å². The van der Waals surface area contributed by atoms with Gasteiger partial charge < -0.3 is 15.5 Å². The van der Waals surface area contributed by atoms with Crippen molar-refractivity contribution in [2.24, 2.45) is 0 Å². The van der Waals surface area contributed by atoms with E-state index in [0.29, 0.717) is 12.0 Å². The zero-order valence-corrected chi connectivity index (χ0v) is 17.8. The van der Waals surface area contributed by atoms with Crippen molar-refractivity contribution in [2.45, 2.75) is 26.3 Å². The highest BCUT2D eigenvalue weighted by molar-refractivity contribution is 6.09. The van der Waals surface area contributed by atoms with Gasteiger partial charge in [-0.1, -0.05) is 12.1 Å². The van der Waals surface area contributed by atoms with Gasteiger partial charge in [0.25, 0.3) is 11.8 Å². The van der Waals surface area contributed by atoms with Crippen LogP contribution in [0.15, 0.2) is 36.5 Å². The van der Waals surface area contributed by atoms with Crippen LogP contribution in [0.4, 0.5) is 4.39 Å². The van der Waals surface area contributed by atoms with E-state index in [1.165, 1.54) is 25.3 Å². The van der Waals surface area contributed by atoms with Crippen LogP contribution in [0, 0.1) is 5.82 Å². The molecule has 0 radical (unpaired) electrons. The third-order valence-corrected chi connectivity index (χ3v) is 4.63. The Labute approximate surface area is 187 Å². The minimum absolute atomic E-state index is 0.0531. The Bertz CT molecular complexity index is 1220. The summed E-state index contributed by atoms with van der Waals surface area (Å²) in [5, 5.41) is 22.4. The van der Waals surface area contributed by atoms with Crippen LogP contribution >= 0.6 is 0 Å². The summed E-state index contributed by atoms with van der Waals surface area (Å²) in [5.74, 6) is -3.10. The van der Waals surface area contributed by atoms with Gasteiger partial charge in [0.2, 0.25) is 5.91 Å². The van der Waals surface area contributed by atoms with Gasteiger partial charge in [0.1, 0.15) is 17.0 Å². The van der Waals surface area contributed by atoms with Crippen molar-refractivity contribution in [3.8, 4) is 5.75 Å². The first-order chi connectivity index (χ1) is 15.7. The third-order valence-electron chi connectivity index (χ3n) is 4.63. The Kier molecular flexibility index (Phi) is 7.13. The SMILES string of the molecule is CC(=O)NNC(=O)c1nc(C(=O)NC(C)CO)c(O)c2ncc(Cc3ccc(F)cc3)cc12. The Balaban J connectivity index is 2.09. The summed E-state index contributed by atoms with van der Waals surface area (Å²) in [6.45, 7) is 2.39. The number of rotatable bonds is 6. The number of halogens is 1. The number of nitrogens with one attached hydrogen (secondary N) is 3. The largest absolute Gasteiger partial charge is 0.504 e. The number of fused-ring (bicyclic) bond motifs is 1. The molecule has 0 aliphatic heterocycles. The van der Waals surface area contributed by atoms with Crippen LogP contribution in [0.5, 0.6) is 5.75 Å². The van der Waals surface area contributed by atoms with Crippen molar-refractivity contribution in [2.75, 3.05) is 6.61 Å². The van der Waals surface area contributed by atoms with Gasteiger partial charge in [0, 0.05) is 24.5 Å². The number of amides is 3. The van der Waals surface area contributed by atoms with Gasteiger partial charge in [-0.2, -0.15) is 0 Å². The van der Waals surface area contributed by atoms with Crippen molar-refractivity contribution < 1.29 is 29.0 Å². The number of aromatic hydroxyl groups is 1. The van der Waals surface area contributed by atoms with Crippen molar-refractivity contribution in [3.05, 3.63) is 64.9 Å². The molecule has 0 aliphatic rings. The molecule has 33 heavy (non-hydrogen) atoms. The molecule has 0 saturated carbocycles. The number of hydrazine groups is 1. The molecule has 1 atom stereocenters. The minimum Gasteiger partial charge on any atom is -0.504 e.